The Balaban J connectivity index is 1.75. The first kappa shape index (κ1) is 15.1. The molecule has 0 spiro atoms. The van der Waals surface area contributed by atoms with Crippen LogP contribution in [0.25, 0.3) is 10.9 Å². The molecule has 1 aliphatic rings. The number of para-hydroxylation sites is 1. The maximum atomic E-state index is 12.5. The van der Waals surface area contributed by atoms with Crippen molar-refractivity contribution in [1.82, 2.24) is 9.88 Å². The summed E-state index contributed by atoms with van der Waals surface area (Å²) < 4.78 is 0. The van der Waals surface area contributed by atoms with Gasteiger partial charge in [-0.1, -0.05) is 25.1 Å². The van der Waals surface area contributed by atoms with Gasteiger partial charge >= 0.3 is 0 Å². The molecule has 2 atom stereocenters. The highest BCUT2D eigenvalue weighted by Gasteiger charge is 2.29. The van der Waals surface area contributed by atoms with Crippen molar-refractivity contribution in [3.63, 3.8) is 0 Å². The number of likely N-dealkylation sites (tertiary alicyclic amines) is 1. The highest BCUT2D eigenvalue weighted by atomic mass is 16.3. The Morgan fingerprint density at radius 3 is 2.95 bits per heavy atom. The largest absolute Gasteiger partial charge is 0.393 e. The van der Waals surface area contributed by atoms with Crippen LogP contribution in [0.15, 0.2) is 24.4 Å². The number of aliphatic hydroxyl groups excluding tert-OH is 1. The number of nitrogens with zero attached hydrogens (tertiary/aromatic N) is 1. The highest BCUT2D eigenvalue weighted by molar-refractivity contribution is 5.90. The number of aromatic nitrogens is 1. The van der Waals surface area contributed by atoms with E-state index in [1.165, 1.54) is 5.56 Å². The van der Waals surface area contributed by atoms with Gasteiger partial charge in [0, 0.05) is 36.1 Å². The summed E-state index contributed by atoms with van der Waals surface area (Å²) in [6, 6.07) is 6.26. The molecule has 3 rings (SSSR count). The zero-order chi connectivity index (χ0) is 15.7. The number of benzene rings is 1. The third kappa shape index (κ3) is 2.75. The van der Waals surface area contributed by atoms with E-state index in [0.717, 1.165) is 35.9 Å². The van der Waals surface area contributed by atoms with Crippen molar-refractivity contribution in [2.45, 2.75) is 39.2 Å². The van der Waals surface area contributed by atoms with E-state index in [1.807, 2.05) is 18.0 Å². The Kier molecular flexibility index (Phi) is 4.21. The summed E-state index contributed by atoms with van der Waals surface area (Å²) in [5, 5.41) is 10.8. The third-order valence-electron chi connectivity index (χ3n) is 4.87. The fraction of sp³-hybridized carbons (Fsp3) is 0.500. The Morgan fingerprint density at radius 1 is 1.45 bits per heavy atom. The van der Waals surface area contributed by atoms with Gasteiger partial charge < -0.3 is 15.0 Å². The fourth-order valence-electron chi connectivity index (χ4n) is 3.40. The summed E-state index contributed by atoms with van der Waals surface area (Å²) in [4.78, 5) is 17.7. The van der Waals surface area contributed by atoms with E-state index in [-0.39, 0.29) is 17.9 Å². The van der Waals surface area contributed by atoms with Gasteiger partial charge in [0.15, 0.2) is 0 Å². The van der Waals surface area contributed by atoms with Crippen molar-refractivity contribution >= 4 is 16.8 Å². The molecule has 1 aromatic heterocycles. The number of aryl methyl sites for hydroxylation is 1. The minimum Gasteiger partial charge on any atom is -0.393 e. The SMILES string of the molecule is CCc1cccc2c(CC(=O)N3CCC(C(C)O)C3)c[nH]c12. The zero-order valence-corrected chi connectivity index (χ0v) is 13.3. The van der Waals surface area contributed by atoms with Crippen LogP contribution in [0.2, 0.25) is 0 Å². The van der Waals surface area contributed by atoms with Gasteiger partial charge in [-0.3, -0.25) is 4.79 Å². The van der Waals surface area contributed by atoms with Crippen LogP contribution in [0.5, 0.6) is 0 Å². The van der Waals surface area contributed by atoms with E-state index in [0.29, 0.717) is 13.0 Å². The minimum absolute atomic E-state index is 0.158. The average Bonchev–Trinajstić information content (AvgIpc) is 3.14. The number of hydrogen-bond donors (Lipinski definition) is 2. The van der Waals surface area contributed by atoms with E-state index < -0.39 is 0 Å². The molecule has 2 aromatic rings. The van der Waals surface area contributed by atoms with Crippen molar-refractivity contribution in [3.8, 4) is 0 Å². The highest BCUT2D eigenvalue weighted by Crippen LogP contribution is 2.25. The molecule has 22 heavy (non-hydrogen) atoms. The first-order valence-corrected chi connectivity index (χ1v) is 8.13. The predicted molar refractivity (Wildman–Crippen MR) is 87.7 cm³/mol. The number of carbonyl (C=O) groups excluding carboxylic acids is 1. The van der Waals surface area contributed by atoms with Crippen molar-refractivity contribution in [2.24, 2.45) is 5.92 Å². The molecule has 2 N–H and O–H groups in total. The van der Waals surface area contributed by atoms with E-state index >= 15 is 0 Å². The molecular weight excluding hydrogens is 276 g/mol. The van der Waals surface area contributed by atoms with Gasteiger partial charge in [0.2, 0.25) is 5.91 Å². The molecule has 1 saturated heterocycles. The first-order chi connectivity index (χ1) is 10.6. The maximum absolute atomic E-state index is 12.5. The van der Waals surface area contributed by atoms with Crippen molar-refractivity contribution < 1.29 is 9.90 Å². The van der Waals surface area contributed by atoms with Gasteiger partial charge in [-0.15, -0.1) is 0 Å². The van der Waals surface area contributed by atoms with Gasteiger partial charge in [-0.05, 0) is 30.9 Å². The molecule has 2 heterocycles. The Labute approximate surface area is 131 Å². The molecule has 1 fully saturated rings. The Hall–Kier alpha value is -1.81. The van der Waals surface area contributed by atoms with E-state index in [2.05, 4.69) is 30.1 Å². The molecule has 0 radical (unpaired) electrons. The topological polar surface area (TPSA) is 56.3 Å². The van der Waals surface area contributed by atoms with Crippen LogP contribution in [0.3, 0.4) is 0 Å². The van der Waals surface area contributed by atoms with E-state index in [4.69, 9.17) is 0 Å². The predicted octanol–water partition coefficient (Wildman–Crippen LogP) is 2.50. The van der Waals surface area contributed by atoms with Gasteiger partial charge in [0.1, 0.15) is 0 Å². The zero-order valence-electron chi connectivity index (χ0n) is 13.3. The molecule has 0 aliphatic carbocycles. The van der Waals surface area contributed by atoms with Crippen molar-refractivity contribution in [3.05, 3.63) is 35.5 Å². The molecule has 1 aliphatic heterocycles. The smallest absolute Gasteiger partial charge is 0.227 e. The summed E-state index contributed by atoms with van der Waals surface area (Å²) in [7, 11) is 0. The number of rotatable bonds is 4. The molecule has 0 bridgehead atoms. The van der Waals surface area contributed by atoms with Gasteiger partial charge in [-0.25, -0.2) is 0 Å². The lowest BCUT2D eigenvalue weighted by Gasteiger charge is -2.17. The van der Waals surface area contributed by atoms with Crippen molar-refractivity contribution in [2.75, 3.05) is 13.1 Å². The standard InChI is InChI=1S/C18H24N2O2/c1-3-13-5-4-6-16-15(10-19-18(13)16)9-17(22)20-8-7-14(11-20)12(2)21/h4-6,10,12,14,19,21H,3,7-9,11H2,1-2H3. The summed E-state index contributed by atoms with van der Waals surface area (Å²) in [5.41, 5.74) is 3.50. The lowest BCUT2D eigenvalue weighted by atomic mass is 10.0. The van der Waals surface area contributed by atoms with Crippen LogP contribution in [-0.4, -0.2) is 40.1 Å². The number of aromatic amines is 1. The number of fused-ring (bicyclic) bond motifs is 1. The number of H-pyrrole nitrogens is 1. The molecule has 2 unspecified atom stereocenters. The summed E-state index contributed by atoms with van der Waals surface area (Å²) in [6.07, 6.45) is 3.94. The number of amides is 1. The van der Waals surface area contributed by atoms with E-state index in [9.17, 15) is 9.90 Å². The summed E-state index contributed by atoms with van der Waals surface area (Å²) >= 11 is 0. The lowest BCUT2D eigenvalue weighted by Crippen LogP contribution is -2.31. The van der Waals surface area contributed by atoms with Gasteiger partial charge in [0.25, 0.3) is 0 Å². The Morgan fingerprint density at radius 2 is 2.27 bits per heavy atom. The monoisotopic (exact) mass is 300 g/mol. The Bertz CT molecular complexity index is 675. The summed E-state index contributed by atoms with van der Waals surface area (Å²) in [6.45, 7) is 5.39. The van der Waals surface area contributed by atoms with Crippen LogP contribution < -0.4 is 0 Å². The third-order valence-corrected chi connectivity index (χ3v) is 4.87. The van der Waals surface area contributed by atoms with Crippen LogP contribution in [0.1, 0.15) is 31.4 Å². The van der Waals surface area contributed by atoms with Gasteiger partial charge in [0.05, 0.1) is 12.5 Å². The fourth-order valence-corrected chi connectivity index (χ4v) is 3.40. The van der Waals surface area contributed by atoms with Gasteiger partial charge in [-0.2, -0.15) is 0 Å². The second kappa shape index (κ2) is 6.13. The summed E-state index contributed by atoms with van der Waals surface area (Å²) in [5.74, 6) is 0.379. The second-order valence-electron chi connectivity index (χ2n) is 6.31. The molecule has 0 saturated carbocycles. The normalized spacial score (nSPS) is 19.8. The average molecular weight is 300 g/mol. The lowest BCUT2D eigenvalue weighted by molar-refractivity contribution is -0.129. The molecule has 1 aromatic carbocycles. The van der Waals surface area contributed by atoms with Crippen LogP contribution in [-0.2, 0) is 17.6 Å². The maximum Gasteiger partial charge on any atom is 0.227 e. The molecule has 4 heteroatoms. The minimum atomic E-state index is -0.335. The quantitative estimate of drug-likeness (QED) is 0.911. The molecule has 118 valence electrons. The molecule has 1 amide bonds. The molecule has 4 nitrogen and oxygen atoms in total. The first-order valence-electron chi connectivity index (χ1n) is 8.13. The number of carbonyl (C=O) groups is 1. The number of hydrogen-bond acceptors (Lipinski definition) is 2. The number of nitrogens with one attached hydrogen (secondary N) is 1. The van der Waals surface area contributed by atoms with Crippen LogP contribution in [0, 0.1) is 5.92 Å². The van der Waals surface area contributed by atoms with E-state index in [1.54, 1.807) is 0 Å². The van der Waals surface area contributed by atoms with Crippen molar-refractivity contribution in [1.29, 1.82) is 0 Å². The second-order valence-corrected chi connectivity index (χ2v) is 6.31. The molecular formula is C18H24N2O2. The number of aliphatic hydroxyl groups is 1. The van der Waals surface area contributed by atoms with Crippen LogP contribution >= 0.6 is 0 Å². The van der Waals surface area contributed by atoms with Crippen LogP contribution in [0.4, 0.5) is 0 Å².